The van der Waals surface area contributed by atoms with Gasteiger partial charge in [0.2, 0.25) is 0 Å². The smallest absolute Gasteiger partial charge is 0.184 e. The maximum absolute atomic E-state index is 12.3. The van der Waals surface area contributed by atoms with Crippen LogP contribution in [0, 0.1) is 11.3 Å². The van der Waals surface area contributed by atoms with E-state index in [2.05, 4.69) is 0 Å². The van der Waals surface area contributed by atoms with Gasteiger partial charge in [0.1, 0.15) is 5.92 Å². The van der Waals surface area contributed by atoms with E-state index in [1.165, 1.54) is 0 Å². The van der Waals surface area contributed by atoms with Crippen molar-refractivity contribution in [2.75, 3.05) is 0 Å². The van der Waals surface area contributed by atoms with Crippen LogP contribution in [0.3, 0.4) is 0 Å². The standard InChI is InChI=1S/C15H9Cl2NO/c16-11-7-5-10(6-8-11)15(19)13(9-18)12-3-1-2-4-14(12)17/h1-8,13H. The third-order valence-corrected chi connectivity index (χ3v) is 3.33. The Balaban J connectivity index is 2.38. The molecule has 0 aliphatic heterocycles. The normalized spacial score (nSPS) is 11.6. The number of benzene rings is 2. The van der Waals surface area contributed by atoms with E-state index in [1.54, 1.807) is 48.5 Å². The van der Waals surface area contributed by atoms with Gasteiger partial charge in [-0.25, -0.2) is 0 Å². The first kappa shape index (κ1) is 13.6. The van der Waals surface area contributed by atoms with Crippen molar-refractivity contribution in [3.8, 4) is 6.07 Å². The molecule has 2 rings (SSSR count). The molecule has 2 aromatic rings. The lowest BCUT2D eigenvalue weighted by molar-refractivity contribution is 0.0979. The molecule has 2 nitrogen and oxygen atoms in total. The monoisotopic (exact) mass is 289 g/mol. The zero-order valence-electron chi connectivity index (χ0n) is 9.81. The Kier molecular flexibility index (Phi) is 4.21. The van der Waals surface area contributed by atoms with Crippen LogP contribution in [0.1, 0.15) is 21.8 Å². The molecule has 1 atom stereocenters. The third kappa shape index (κ3) is 2.96. The number of nitrogens with zero attached hydrogens (tertiary/aromatic N) is 1. The van der Waals surface area contributed by atoms with Crippen molar-refractivity contribution in [1.82, 2.24) is 0 Å². The zero-order chi connectivity index (χ0) is 13.8. The second kappa shape index (κ2) is 5.88. The Morgan fingerprint density at radius 2 is 1.68 bits per heavy atom. The van der Waals surface area contributed by atoms with Crippen LogP contribution < -0.4 is 0 Å². The van der Waals surface area contributed by atoms with Gasteiger partial charge in [0.05, 0.1) is 6.07 Å². The second-order valence-electron chi connectivity index (χ2n) is 3.95. The van der Waals surface area contributed by atoms with Crippen molar-refractivity contribution in [2.45, 2.75) is 5.92 Å². The van der Waals surface area contributed by atoms with Gasteiger partial charge in [0, 0.05) is 15.6 Å². The molecule has 0 spiro atoms. The minimum absolute atomic E-state index is 0.285. The summed E-state index contributed by atoms with van der Waals surface area (Å²) >= 11 is 11.8. The van der Waals surface area contributed by atoms with Crippen LogP contribution in [-0.2, 0) is 0 Å². The van der Waals surface area contributed by atoms with Gasteiger partial charge in [-0.3, -0.25) is 4.79 Å². The van der Waals surface area contributed by atoms with Gasteiger partial charge in [-0.05, 0) is 35.9 Å². The fourth-order valence-corrected chi connectivity index (χ4v) is 2.13. The maximum atomic E-state index is 12.3. The summed E-state index contributed by atoms with van der Waals surface area (Å²) in [5.74, 6) is -1.19. The van der Waals surface area contributed by atoms with Gasteiger partial charge in [0.25, 0.3) is 0 Å². The summed E-state index contributed by atoms with van der Waals surface area (Å²) in [6, 6.07) is 15.3. The first-order valence-electron chi connectivity index (χ1n) is 5.57. The molecule has 0 heterocycles. The van der Waals surface area contributed by atoms with E-state index < -0.39 is 5.92 Å². The van der Waals surface area contributed by atoms with Crippen LogP contribution in [0.25, 0.3) is 0 Å². The minimum Gasteiger partial charge on any atom is -0.292 e. The molecule has 4 heteroatoms. The maximum Gasteiger partial charge on any atom is 0.184 e. The van der Waals surface area contributed by atoms with E-state index in [4.69, 9.17) is 23.2 Å². The van der Waals surface area contributed by atoms with Crippen LogP contribution in [0.4, 0.5) is 0 Å². The second-order valence-corrected chi connectivity index (χ2v) is 4.80. The number of nitriles is 1. The molecule has 0 saturated heterocycles. The molecular formula is C15H9Cl2NO. The van der Waals surface area contributed by atoms with E-state index >= 15 is 0 Å². The van der Waals surface area contributed by atoms with Crippen molar-refractivity contribution in [3.05, 3.63) is 69.7 Å². The minimum atomic E-state index is -0.908. The molecule has 0 aliphatic carbocycles. The van der Waals surface area contributed by atoms with Crippen molar-refractivity contribution in [2.24, 2.45) is 0 Å². The molecule has 0 saturated carbocycles. The Morgan fingerprint density at radius 1 is 1.05 bits per heavy atom. The Labute approximate surface area is 121 Å². The fourth-order valence-electron chi connectivity index (χ4n) is 1.76. The summed E-state index contributed by atoms with van der Waals surface area (Å²) in [5, 5.41) is 10.2. The highest BCUT2D eigenvalue weighted by Gasteiger charge is 2.23. The predicted octanol–water partition coefficient (Wildman–Crippen LogP) is 4.48. The predicted molar refractivity (Wildman–Crippen MR) is 75.6 cm³/mol. The molecule has 0 aromatic heterocycles. The van der Waals surface area contributed by atoms with Crippen LogP contribution in [0.5, 0.6) is 0 Å². The molecule has 0 amide bonds. The number of ketones is 1. The van der Waals surface area contributed by atoms with Crippen LogP contribution in [0.2, 0.25) is 10.0 Å². The van der Waals surface area contributed by atoms with E-state index in [0.717, 1.165) is 0 Å². The topological polar surface area (TPSA) is 40.9 Å². The van der Waals surface area contributed by atoms with E-state index in [-0.39, 0.29) is 5.78 Å². The van der Waals surface area contributed by atoms with E-state index in [0.29, 0.717) is 21.2 Å². The zero-order valence-corrected chi connectivity index (χ0v) is 11.3. The number of rotatable bonds is 3. The Morgan fingerprint density at radius 3 is 2.26 bits per heavy atom. The molecule has 0 aliphatic rings. The van der Waals surface area contributed by atoms with Gasteiger partial charge >= 0.3 is 0 Å². The average Bonchev–Trinajstić information content (AvgIpc) is 2.42. The van der Waals surface area contributed by atoms with Gasteiger partial charge < -0.3 is 0 Å². The van der Waals surface area contributed by atoms with Crippen LogP contribution in [0.15, 0.2) is 48.5 Å². The summed E-state index contributed by atoms with van der Waals surface area (Å²) in [4.78, 5) is 12.3. The van der Waals surface area contributed by atoms with Crippen LogP contribution >= 0.6 is 23.2 Å². The number of Topliss-reactive ketones (excluding diaryl/α,β-unsaturated/α-hetero) is 1. The lowest BCUT2D eigenvalue weighted by Crippen LogP contribution is -2.11. The molecule has 0 fully saturated rings. The summed E-state index contributed by atoms with van der Waals surface area (Å²) in [6.45, 7) is 0. The third-order valence-electron chi connectivity index (χ3n) is 2.74. The molecule has 94 valence electrons. The Hall–Kier alpha value is -1.82. The average molecular weight is 290 g/mol. The lowest BCUT2D eigenvalue weighted by atomic mass is 9.92. The first-order valence-corrected chi connectivity index (χ1v) is 6.33. The van der Waals surface area contributed by atoms with Crippen molar-refractivity contribution >= 4 is 29.0 Å². The van der Waals surface area contributed by atoms with Gasteiger partial charge in [-0.2, -0.15) is 5.26 Å². The first-order chi connectivity index (χ1) is 9.13. The SMILES string of the molecule is N#CC(C(=O)c1ccc(Cl)cc1)c1ccccc1Cl. The molecule has 2 aromatic carbocycles. The van der Waals surface area contributed by atoms with Gasteiger partial charge in [0.15, 0.2) is 5.78 Å². The highest BCUT2D eigenvalue weighted by molar-refractivity contribution is 6.32. The van der Waals surface area contributed by atoms with Gasteiger partial charge in [-0.15, -0.1) is 0 Å². The Bertz CT molecular complexity index is 644. The number of hydrogen-bond acceptors (Lipinski definition) is 2. The van der Waals surface area contributed by atoms with Crippen molar-refractivity contribution < 1.29 is 4.79 Å². The fraction of sp³-hybridized carbons (Fsp3) is 0.0667. The van der Waals surface area contributed by atoms with Crippen molar-refractivity contribution in [1.29, 1.82) is 5.26 Å². The largest absolute Gasteiger partial charge is 0.292 e. The highest BCUT2D eigenvalue weighted by Crippen LogP contribution is 2.27. The van der Waals surface area contributed by atoms with E-state index in [9.17, 15) is 10.1 Å². The lowest BCUT2D eigenvalue weighted by Gasteiger charge is -2.10. The summed E-state index contributed by atoms with van der Waals surface area (Å²) in [6.07, 6.45) is 0. The quantitative estimate of drug-likeness (QED) is 0.782. The highest BCUT2D eigenvalue weighted by atomic mass is 35.5. The molecule has 0 radical (unpaired) electrons. The number of halogens is 2. The van der Waals surface area contributed by atoms with Crippen molar-refractivity contribution in [3.63, 3.8) is 0 Å². The number of carbonyl (C=O) groups excluding carboxylic acids is 1. The molecular weight excluding hydrogens is 281 g/mol. The molecule has 0 bridgehead atoms. The van der Waals surface area contributed by atoms with E-state index in [1.807, 2.05) is 6.07 Å². The summed E-state index contributed by atoms with van der Waals surface area (Å²) in [5.41, 5.74) is 0.961. The molecule has 1 unspecified atom stereocenters. The summed E-state index contributed by atoms with van der Waals surface area (Å²) < 4.78 is 0. The summed E-state index contributed by atoms with van der Waals surface area (Å²) in [7, 11) is 0. The van der Waals surface area contributed by atoms with Gasteiger partial charge in [-0.1, -0.05) is 41.4 Å². The molecule has 19 heavy (non-hydrogen) atoms. The molecule has 0 N–H and O–H groups in total. The number of hydrogen-bond donors (Lipinski definition) is 0. The number of carbonyl (C=O) groups is 1. The van der Waals surface area contributed by atoms with Crippen LogP contribution in [-0.4, -0.2) is 5.78 Å².